The average Bonchev–Trinajstić information content (AvgIpc) is 2.35. The maximum Gasteiger partial charge on any atom is 0.339 e. The van der Waals surface area contributed by atoms with E-state index in [2.05, 4.69) is 0 Å². The van der Waals surface area contributed by atoms with Crippen molar-refractivity contribution < 1.29 is 24.3 Å². The summed E-state index contributed by atoms with van der Waals surface area (Å²) in [5.74, 6) is -1.45. The van der Waals surface area contributed by atoms with Gasteiger partial charge in [-0.1, -0.05) is 11.6 Å². The first-order chi connectivity index (χ1) is 8.97. The van der Waals surface area contributed by atoms with Crippen molar-refractivity contribution in [3.8, 4) is 5.75 Å². The Morgan fingerprint density at radius 3 is 2.68 bits per heavy atom. The first-order valence-corrected chi connectivity index (χ1v) is 5.77. The van der Waals surface area contributed by atoms with Crippen LogP contribution in [0.2, 0.25) is 5.02 Å². The fraction of sp³-hybridized carbons (Fsp3) is 0.364. The monoisotopic (exact) mass is 289 g/mol. The van der Waals surface area contributed by atoms with Crippen LogP contribution in [0.4, 0.5) is 5.69 Å². The molecule has 0 aliphatic carbocycles. The normalized spacial score (nSPS) is 10.2. The summed E-state index contributed by atoms with van der Waals surface area (Å²) in [6.45, 7) is 2.68. The summed E-state index contributed by atoms with van der Waals surface area (Å²) in [4.78, 5) is 21.0. The van der Waals surface area contributed by atoms with Gasteiger partial charge in [0.05, 0.1) is 16.6 Å². The minimum Gasteiger partial charge on any atom is -0.489 e. The highest BCUT2D eigenvalue weighted by atomic mass is 35.5. The van der Waals surface area contributed by atoms with Crippen LogP contribution in [0.15, 0.2) is 12.1 Å². The van der Waals surface area contributed by atoms with Gasteiger partial charge in [-0.2, -0.15) is 0 Å². The highest BCUT2D eigenvalue weighted by Gasteiger charge is 2.21. The molecule has 0 saturated carbocycles. The van der Waals surface area contributed by atoms with Gasteiger partial charge in [0.1, 0.15) is 12.2 Å². The van der Waals surface area contributed by atoms with Crippen molar-refractivity contribution in [2.24, 2.45) is 0 Å². The summed E-state index contributed by atoms with van der Waals surface area (Å²) in [6, 6.07) is 1.95. The van der Waals surface area contributed by atoms with Crippen LogP contribution in [0.3, 0.4) is 0 Å². The Morgan fingerprint density at radius 1 is 1.47 bits per heavy atom. The van der Waals surface area contributed by atoms with E-state index in [0.29, 0.717) is 6.61 Å². The molecule has 0 bridgehead atoms. The van der Waals surface area contributed by atoms with Gasteiger partial charge in [-0.05, 0) is 6.92 Å². The van der Waals surface area contributed by atoms with Gasteiger partial charge in [-0.25, -0.2) is 4.79 Å². The molecule has 104 valence electrons. The first kappa shape index (κ1) is 15.2. The molecule has 0 aliphatic heterocycles. The van der Waals surface area contributed by atoms with Gasteiger partial charge in [0, 0.05) is 18.7 Å². The standard InChI is InChI=1S/C11H12ClNO6/c1-2-18-3-4-19-10-8(11(14)15)5-7(13(16)17)6-9(10)12/h5-6H,2-4H2,1H3,(H,14,15). The second-order valence-electron chi connectivity index (χ2n) is 3.41. The number of carboxylic acid groups (broad SMARTS) is 1. The number of ether oxygens (including phenoxy) is 2. The lowest BCUT2D eigenvalue weighted by Crippen LogP contribution is -2.10. The smallest absolute Gasteiger partial charge is 0.339 e. The number of non-ortho nitro benzene ring substituents is 1. The van der Waals surface area contributed by atoms with E-state index in [-0.39, 0.29) is 29.5 Å². The lowest BCUT2D eigenvalue weighted by atomic mass is 10.2. The van der Waals surface area contributed by atoms with E-state index in [1.807, 2.05) is 6.92 Å². The number of benzene rings is 1. The van der Waals surface area contributed by atoms with Gasteiger partial charge in [0.25, 0.3) is 5.69 Å². The maximum atomic E-state index is 11.0. The molecule has 19 heavy (non-hydrogen) atoms. The molecule has 1 N–H and O–H groups in total. The highest BCUT2D eigenvalue weighted by molar-refractivity contribution is 6.32. The lowest BCUT2D eigenvalue weighted by Gasteiger charge is -2.10. The quantitative estimate of drug-likeness (QED) is 0.470. The molecule has 1 aromatic carbocycles. The number of halogens is 1. The largest absolute Gasteiger partial charge is 0.489 e. The molecule has 1 aromatic rings. The molecule has 0 radical (unpaired) electrons. The van der Waals surface area contributed by atoms with Crippen molar-refractivity contribution in [2.45, 2.75) is 6.92 Å². The Labute approximate surface area is 113 Å². The molecule has 0 fully saturated rings. The summed E-state index contributed by atoms with van der Waals surface area (Å²) in [5.41, 5.74) is -0.754. The molecule has 0 aromatic heterocycles. The lowest BCUT2D eigenvalue weighted by molar-refractivity contribution is -0.384. The van der Waals surface area contributed by atoms with Crippen LogP contribution in [0.1, 0.15) is 17.3 Å². The first-order valence-electron chi connectivity index (χ1n) is 5.39. The van der Waals surface area contributed by atoms with Crippen molar-refractivity contribution in [3.63, 3.8) is 0 Å². The Bertz CT molecular complexity index is 490. The van der Waals surface area contributed by atoms with E-state index in [9.17, 15) is 14.9 Å². The predicted molar refractivity (Wildman–Crippen MR) is 67.1 cm³/mol. The zero-order valence-electron chi connectivity index (χ0n) is 10.1. The van der Waals surface area contributed by atoms with Crippen LogP contribution in [0.5, 0.6) is 5.75 Å². The summed E-state index contributed by atoms with van der Waals surface area (Å²) in [5, 5.41) is 19.5. The minimum absolute atomic E-state index is 0.0977. The third-order valence-electron chi connectivity index (χ3n) is 2.15. The van der Waals surface area contributed by atoms with Gasteiger partial charge >= 0.3 is 5.97 Å². The van der Waals surface area contributed by atoms with Crippen LogP contribution < -0.4 is 4.74 Å². The molecule has 0 aliphatic rings. The topological polar surface area (TPSA) is 98.9 Å². The Morgan fingerprint density at radius 2 is 2.16 bits per heavy atom. The Balaban J connectivity index is 3.01. The molecule has 0 saturated heterocycles. The number of nitro benzene ring substituents is 1. The second kappa shape index (κ2) is 6.91. The van der Waals surface area contributed by atoms with Crippen LogP contribution in [-0.2, 0) is 4.74 Å². The van der Waals surface area contributed by atoms with Gasteiger partial charge in [-0.3, -0.25) is 10.1 Å². The number of aromatic carboxylic acids is 1. The Kier molecular flexibility index (Phi) is 5.53. The van der Waals surface area contributed by atoms with Crippen molar-refractivity contribution in [1.29, 1.82) is 0 Å². The molecular formula is C11H12ClNO6. The van der Waals surface area contributed by atoms with Gasteiger partial charge < -0.3 is 14.6 Å². The van der Waals surface area contributed by atoms with E-state index in [1.54, 1.807) is 0 Å². The predicted octanol–water partition coefficient (Wildman–Crippen LogP) is 2.36. The fourth-order valence-electron chi connectivity index (χ4n) is 1.34. The van der Waals surface area contributed by atoms with Crippen LogP contribution >= 0.6 is 11.6 Å². The Hall–Kier alpha value is -1.86. The molecule has 0 heterocycles. The maximum absolute atomic E-state index is 11.0. The number of carbonyl (C=O) groups is 1. The van der Waals surface area contributed by atoms with E-state index in [4.69, 9.17) is 26.2 Å². The SMILES string of the molecule is CCOCCOc1c(Cl)cc([N+](=O)[O-])cc1C(=O)O. The molecule has 7 nitrogen and oxygen atoms in total. The molecule has 8 heteroatoms. The third-order valence-corrected chi connectivity index (χ3v) is 2.43. The van der Waals surface area contributed by atoms with Crippen LogP contribution in [0, 0.1) is 10.1 Å². The zero-order chi connectivity index (χ0) is 14.4. The van der Waals surface area contributed by atoms with Crippen molar-refractivity contribution >= 4 is 23.3 Å². The second-order valence-corrected chi connectivity index (χ2v) is 3.82. The average molecular weight is 290 g/mol. The number of nitrogens with zero attached hydrogens (tertiary/aromatic N) is 1. The van der Waals surface area contributed by atoms with E-state index in [0.717, 1.165) is 12.1 Å². The van der Waals surface area contributed by atoms with Crippen molar-refractivity contribution in [3.05, 3.63) is 32.8 Å². The molecule has 1 rings (SSSR count). The van der Waals surface area contributed by atoms with Crippen LogP contribution in [-0.4, -0.2) is 35.8 Å². The summed E-state index contributed by atoms with van der Waals surface area (Å²) < 4.78 is 10.2. The van der Waals surface area contributed by atoms with Gasteiger partial charge in [0.2, 0.25) is 0 Å². The van der Waals surface area contributed by atoms with Crippen molar-refractivity contribution in [2.75, 3.05) is 19.8 Å². The molecule has 0 unspecified atom stereocenters. The summed E-state index contributed by atoms with van der Waals surface area (Å²) in [7, 11) is 0. The minimum atomic E-state index is -1.35. The van der Waals surface area contributed by atoms with Crippen LogP contribution in [0.25, 0.3) is 0 Å². The zero-order valence-corrected chi connectivity index (χ0v) is 10.8. The van der Waals surface area contributed by atoms with Gasteiger partial charge in [0.15, 0.2) is 5.75 Å². The third kappa shape index (κ3) is 4.08. The highest BCUT2D eigenvalue weighted by Crippen LogP contribution is 2.33. The summed E-state index contributed by atoms with van der Waals surface area (Å²) in [6.07, 6.45) is 0. The number of nitro groups is 1. The van der Waals surface area contributed by atoms with E-state index in [1.165, 1.54) is 0 Å². The fourth-order valence-corrected chi connectivity index (χ4v) is 1.61. The van der Waals surface area contributed by atoms with E-state index < -0.39 is 16.6 Å². The molecular weight excluding hydrogens is 278 g/mol. The van der Waals surface area contributed by atoms with Gasteiger partial charge in [-0.15, -0.1) is 0 Å². The number of hydrogen-bond donors (Lipinski definition) is 1. The number of rotatable bonds is 7. The molecule has 0 amide bonds. The van der Waals surface area contributed by atoms with Crippen molar-refractivity contribution in [1.82, 2.24) is 0 Å². The van der Waals surface area contributed by atoms with E-state index >= 15 is 0 Å². The summed E-state index contributed by atoms with van der Waals surface area (Å²) >= 11 is 5.80. The number of carboxylic acids is 1. The number of hydrogen-bond acceptors (Lipinski definition) is 5. The molecule has 0 atom stereocenters. The molecule has 0 spiro atoms.